The first-order chi connectivity index (χ1) is 8.04. The summed E-state index contributed by atoms with van der Waals surface area (Å²) in [6.07, 6.45) is 0. The van der Waals surface area contributed by atoms with Crippen molar-refractivity contribution in [3.05, 3.63) is 32.7 Å². The minimum absolute atomic E-state index is 0.872. The SMILES string of the molecule is COc1c(C)c(C)cc(C)c1-c1nc(Br)cs1. The lowest BCUT2D eigenvalue weighted by atomic mass is 9.99. The molecule has 1 heterocycles. The third kappa shape index (κ3) is 2.24. The normalized spacial score (nSPS) is 10.6. The first kappa shape index (κ1) is 12.6. The number of aromatic nitrogens is 1. The smallest absolute Gasteiger partial charge is 0.132 e. The summed E-state index contributed by atoms with van der Waals surface area (Å²) in [6, 6.07) is 2.18. The number of aryl methyl sites for hydroxylation is 2. The molecule has 0 aliphatic rings. The zero-order valence-electron chi connectivity index (χ0n) is 10.3. The molecule has 1 aromatic heterocycles. The van der Waals surface area contributed by atoms with Gasteiger partial charge >= 0.3 is 0 Å². The second-order valence-corrected chi connectivity index (χ2v) is 5.69. The molecule has 90 valence electrons. The van der Waals surface area contributed by atoms with Crippen LogP contribution in [0.25, 0.3) is 10.6 Å². The van der Waals surface area contributed by atoms with E-state index in [4.69, 9.17) is 4.74 Å². The van der Waals surface area contributed by atoms with E-state index in [-0.39, 0.29) is 0 Å². The highest BCUT2D eigenvalue weighted by molar-refractivity contribution is 9.10. The van der Waals surface area contributed by atoms with E-state index in [1.165, 1.54) is 16.7 Å². The predicted octanol–water partition coefficient (Wildman–Crippen LogP) is 4.51. The zero-order chi connectivity index (χ0) is 12.6. The fraction of sp³-hybridized carbons (Fsp3) is 0.308. The third-order valence-electron chi connectivity index (χ3n) is 2.88. The van der Waals surface area contributed by atoms with E-state index >= 15 is 0 Å². The van der Waals surface area contributed by atoms with Gasteiger partial charge in [0.1, 0.15) is 15.4 Å². The summed E-state index contributed by atoms with van der Waals surface area (Å²) in [5.41, 5.74) is 4.73. The number of hydrogen-bond acceptors (Lipinski definition) is 3. The molecular formula is C13H14BrNOS. The van der Waals surface area contributed by atoms with Crippen LogP contribution in [0.15, 0.2) is 16.0 Å². The molecule has 0 fully saturated rings. The average molecular weight is 312 g/mol. The van der Waals surface area contributed by atoms with Gasteiger partial charge < -0.3 is 4.74 Å². The maximum Gasteiger partial charge on any atom is 0.132 e. The topological polar surface area (TPSA) is 22.1 Å². The fourth-order valence-corrected chi connectivity index (χ4v) is 3.30. The van der Waals surface area contributed by atoms with Gasteiger partial charge in [-0.15, -0.1) is 11.3 Å². The third-order valence-corrected chi connectivity index (χ3v) is 4.45. The van der Waals surface area contributed by atoms with Crippen molar-refractivity contribution in [1.82, 2.24) is 4.98 Å². The van der Waals surface area contributed by atoms with Crippen molar-refractivity contribution < 1.29 is 4.74 Å². The number of hydrogen-bond donors (Lipinski definition) is 0. The molecule has 0 aliphatic heterocycles. The van der Waals surface area contributed by atoms with Gasteiger partial charge in [0.25, 0.3) is 0 Å². The molecule has 0 atom stereocenters. The van der Waals surface area contributed by atoms with Crippen LogP contribution in [-0.4, -0.2) is 12.1 Å². The van der Waals surface area contributed by atoms with Crippen molar-refractivity contribution in [3.63, 3.8) is 0 Å². The Balaban J connectivity index is 2.72. The zero-order valence-corrected chi connectivity index (χ0v) is 12.7. The number of halogens is 1. The maximum absolute atomic E-state index is 5.55. The number of rotatable bonds is 2. The van der Waals surface area contributed by atoms with Gasteiger partial charge in [0, 0.05) is 5.38 Å². The standard InChI is InChI=1S/C13H14BrNOS/c1-7-5-8(2)11(12(16-4)9(7)3)13-15-10(14)6-17-13/h5-6H,1-4H3. The van der Waals surface area contributed by atoms with Crippen LogP contribution in [-0.2, 0) is 0 Å². The highest BCUT2D eigenvalue weighted by atomic mass is 79.9. The molecule has 0 amide bonds. The lowest BCUT2D eigenvalue weighted by Crippen LogP contribution is -1.96. The Morgan fingerprint density at radius 2 is 1.94 bits per heavy atom. The molecule has 0 aliphatic carbocycles. The first-order valence-electron chi connectivity index (χ1n) is 5.30. The molecule has 0 saturated heterocycles. The maximum atomic E-state index is 5.55. The first-order valence-corrected chi connectivity index (χ1v) is 6.98. The van der Waals surface area contributed by atoms with Crippen LogP contribution in [0.3, 0.4) is 0 Å². The number of nitrogens with zero attached hydrogens (tertiary/aromatic N) is 1. The molecule has 2 aromatic rings. The summed E-state index contributed by atoms with van der Waals surface area (Å²) < 4.78 is 6.43. The minimum atomic E-state index is 0.872. The summed E-state index contributed by atoms with van der Waals surface area (Å²) >= 11 is 5.01. The van der Waals surface area contributed by atoms with Crippen molar-refractivity contribution in [3.8, 4) is 16.3 Å². The van der Waals surface area contributed by atoms with Crippen molar-refractivity contribution >= 4 is 27.3 Å². The van der Waals surface area contributed by atoms with Crippen LogP contribution in [0, 0.1) is 20.8 Å². The Morgan fingerprint density at radius 1 is 1.24 bits per heavy atom. The molecule has 0 N–H and O–H groups in total. The summed E-state index contributed by atoms with van der Waals surface area (Å²) in [5, 5.41) is 2.98. The highest BCUT2D eigenvalue weighted by Gasteiger charge is 2.16. The van der Waals surface area contributed by atoms with Gasteiger partial charge in [-0.3, -0.25) is 0 Å². The molecule has 0 spiro atoms. The van der Waals surface area contributed by atoms with Crippen molar-refractivity contribution in [2.45, 2.75) is 20.8 Å². The van der Waals surface area contributed by atoms with Gasteiger partial charge in [-0.2, -0.15) is 0 Å². The summed E-state index contributed by atoms with van der Waals surface area (Å²) in [4.78, 5) is 4.48. The van der Waals surface area contributed by atoms with E-state index in [9.17, 15) is 0 Å². The number of benzene rings is 1. The van der Waals surface area contributed by atoms with E-state index in [0.29, 0.717) is 0 Å². The van der Waals surface area contributed by atoms with Gasteiger partial charge in [-0.05, 0) is 53.4 Å². The van der Waals surface area contributed by atoms with Gasteiger partial charge in [0.2, 0.25) is 0 Å². The number of methoxy groups -OCH3 is 1. The van der Waals surface area contributed by atoms with Crippen molar-refractivity contribution in [2.75, 3.05) is 7.11 Å². The Morgan fingerprint density at radius 3 is 2.47 bits per heavy atom. The number of thiazole rings is 1. The minimum Gasteiger partial charge on any atom is -0.496 e. The van der Waals surface area contributed by atoms with E-state index < -0.39 is 0 Å². The van der Waals surface area contributed by atoms with E-state index in [0.717, 1.165) is 20.9 Å². The second kappa shape index (κ2) is 4.78. The van der Waals surface area contributed by atoms with Crippen molar-refractivity contribution in [2.24, 2.45) is 0 Å². The largest absolute Gasteiger partial charge is 0.496 e. The summed E-state index contributed by atoms with van der Waals surface area (Å²) in [6.45, 7) is 6.28. The molecule has 0 bridgehead atoms. The van der Waals surface area contributed by atoms with Crippen LogP contribution in [0.4, 0.5) is 0 Å². The predicted molar refractivity (Wildman–Crippen MR) is 76.0 cm³/mol. The van der Waals surface area contributed by atoms with Crippen LogP contribution >= 0.6 is 27.3 Å². The van der Waals surface area contributed by atoms with Crippen molar-refractivity contribution in [1.29, 1.82) is 0 Å². The molecule has 2 nitrogen and oxygen atoms in total. The average Bonchev–Trinajstić information content (AvgIpc) is 2.69. The van der Waals surface area contributed by atoms with Gasteiger partial charge in [0.05, 0.1) is 12.7 Å². The summed E-state index contributed by atoms with van der Waals surface area (Å²) in [5.74, 6) is 0.935. The Bertz CT molecular complexity index is 563. The summed E-state index contributed by atoms with van der Waals surface area (Å²) in [7, 11) is 1.72. The van der Waals surface area contributed by atoms with E-state index in [1.54, 1.807) is 18.4 Å². The van der Waals surface area contributed by atoms with E-state index in [1.807, 2.05) is 5.38 Å². The van der Waals surface area contributed by atoms with Crippen LogP contribution in [0.1, 0.15) is 16.7 Å². The molecule has 0 unspecified atom stereocenters. The quantitative estimate of drug-likeness (QED) is 0.814. The fourth-order valence-electron chi connectivity index (χ4n) is 1.94. The van der Waals surface area contributed by atoms with Crippen LogP contribution in [0.5, 0.6) is 5.75 Å². The van der Waals surface area contributed by atoms with E-state index in [2.05, 4.69) is 47.8 Å². The van der Waals surface area contributed by atoms with Crippen LogP contribution < -0.4 is 4.74 Å². The van der Waals surface area contributed by atoms with Crippen LogP contribution in [0.2, 0.25) is 0 Å². The highest BCUT2D eigenvalue weighted by Crippen LogP contribution is 2.39. The Labute approximate surface area is 114 Å². The van der Waals surface area contributed by atoms with Gasteiger partial charge in [0.15, 0.2) is 0 Å². The Kier molecular flexibility index (Phi) is 3.54. The second-order valence-electron chi connectivity index (χ2n) is 4.02. The molecule has 0 saturated carbocycles. The van der Waals surface area contributed by atoms with Gasteiger partial charge in [-0.1, -0.05) is 6.07 Å². The molecule has 2 rings (SSSR count). The Hall–Kier alpha value is -0.870. The molecule has 4 heteroatoms. The lowest BCUT2D eigenvalue weighted by molar-refractivity contribution is 0.412. The van der Waals surface area contributed by atoms with Gasteiger partial charge in [-0.25, -0.2) is 4.98 Å². The monoisotopic (exact) mass is 311 g/mol. The number of ether oxygens (including phenoxy) is 1. The molecular weight excluding hydrogens is 298 g/mol. The lowest BCUT2D eigenvalue weighted by Gasteiger charge is -2.14. The molecule has 17 heavy (non-hydrogen) atoms. The molecule has 0 radical (unpaired) electrons. The molecule has 1 aromatic carbocycles.